The van der Waals surface area contributed by atoms with Crippen molar-refractivity contribution in [2.45, 2.75) is 51.5 Å². The third-order valence-electron chi connectivity index (χ3n) is 5.83. The maximum atomic E-state index is 13.3. The van der Waals surface area contributed by atoms with Gasteiger partial charge in [-0.3, -0.25) is 14.5 Å². The molecule has 7 heteroatoms. The van der Waals surface area contributed by atoms with Crippen LogP contribution in [-0.4, -0.2) is 29.3 Å². The Labute approximate surface area is 174 Å². The van der Waals surface area contributed by atoms with Gasteiger partial charge < -0.3 is 10.6 Å². The van der Waals surface area contributed by atoms with E-state index in [1.807, 2.05) is 36.6 Å². The fraction of sp³-hybridized carbons (Fsp3) is 0.409. The van der Waals surface area contributed by atoms with Gasteiger partial charge >= 0.3 is 6.03 Å². The summed E-state index contributed by atoms with van der Waals surface area (Å²) in [6.07, 6.45) is 2.32. The molecule has 1 aliphatic carbocycles. The molecule has 6 nitrogen and oxygen atoms in total. The molecule has 1 unspecified atom stereocenters. The highest BCUT2D eigenvalue weighted by molar-refractivity contribution is 7.10. The second kappa shape index (κ2) is 7.30. The molecule has 29 heavy (non-hydrogen) atoms. The fourth-order valence-electron chi connectivity index (χ4n) is 4.35. The maximum Gasteiger partial charge on any atom is 0.325 e. The fourth-order valence-corrected chi connectivity index (χ4v) is 5.35. The number of hydrogen-bond donors (Lipinski definition) is 2. The molecular weight excluding hydrogens is 386 g/mol. The average Bonchev–Trinajstić information content (AvgIpc) is 3.24. The highest BCUT2D eigenvalue weighted by atomic mass is 32.1. The third-order valence-corrected chi connectivity index (χ3v) is 6.81. The number of aryl methyl sites for hydroxylation is 2. The van der Waals surface area contributed by atoms with Crippen molar-refractivity contribution >= 4 is 34.9 Å². The van der Waals surface area contributed by atoms with Gasteiger partial charge in [-0.05, 0) is 54.7 Å². The van der Waals surface area contributed by atoms with Crippen LogP contribution < -0.4 is 10.6 Å². The van der Waals surface area contributed by atoms with E-state index in [4.69, 9.17) is 0 Å². The second-order valence-corrected chi connectivity index (χ2v) is 9.08. The van der Waals surface area contributed by atoms with Crippen molar-refractivity contribution in [3.05, 3.63) is 51.2 Å². The van der Waals surface area contributed by atoms with Gasteiger partial charge in [-0.2, -0.15) is 0 Å². The average molecular weight is 412 g/mol. The molecule has 0 radical (unpaired) electrons. The summed E-state index contributed by atoms with van der Waals surface area (Å²) in [5.74, 6) is -0.460. The molecule has 1 aliphatic heterocycles. The molecule has 4 amide bonds. The van der Waals surface area contributed by atoms with Crippen LogP contribution in [0.15, 0.2) is 29.6 Å². The monoisotopic (exact) mass is 411 g/mol. The van der Waals surface area contributed by atoms with Crippen molar-refractivity contribution in [2.24, 2.45) is 0 Å². The maximum absolute atomic E-state index is 13.3. The molecule has 0 bridgehead atoms. The Morgan fingerprint density at radius 2 is 2.10 bits per heavy atom. The summed E-state index contributed by atoms with van der Waals surface area (Å²) in [6, 6.07) is 7.30. The Hall–Kier alpha value is -2.67. The first kappa shape index (κ1) is 19.6. The van der Waals surface area contributed by atoms with E-state index in [1.54, 1.807) is 11.3 Å². The number of thiophene rings is 1. The Kier molecular flexibility index (Phi) is 4.94. The van der Waals surface area contributed by atoms with Crippen LogP contribution in [0.5, 0.6) is 0 Å². The number of nitrogens with one attached hydrogen (secondary N) is 2. The summed E-state index contributed by atoms with van der Waals surface area (Å²) in [7, 11) is 0. The number of imide groups is 1. The van der Waals surface area contributed by atoms with Gasteiger partial charge in [0.15, 0.2) is 0 Å². The second-order valence-electron chi connectivity index (χ2n) is 8.08. The van der Waals surface area contributed by atoms with Crippen molar-refractivity contribution in [3.63, 3.8) is 0 Å². The van der Waals surface area contributed by atoms with E-state index in [-0.39, 0.29) is 24.3 Å². The number of anilines is 1. The van der Waals surface area contributed by atoms with Crippen molar-refractivity contribution in [2.75, 3.05) is 11.9 Å². The van der Waals surface area contributed by atoms with Gasteiger partial charge in [-0.25, -0.2) is 4.79 Å². The van der Waals surface area contributed by atoms with E-state index in [0.717, 1.165) is 45.0 Å². The molecule has 1 saturated heterocycles. The number of urea groups is 1. The van der Waals surface area contributed by atoms with Crippen LogP contribution in [-0.2, 0) is 21.5 Å². The minimum absolute atomic E-state index is 0.240. The third kappa shape index (κ3) is 3.23. The van der Waals surface area contributed by atoms with Gasteiger partial charge in [0.05, 0.1) is 0 Å². The molecular formula is C22H25N3O3S. The summed E-state index contributed by atoms with van der Waals surface area (Å²) < 4.78 is 0. The van der Waals surface area contributed by atoms with Crippen LogP contribution in [0.25, 0.3) is 0 Å². The predicted octanol–water partition coefficient (Wildman–Crippen LogP) is 3.90. The van der Waals surface area contributed by atoms with Crippen molar-refractivity contribution in [1.29, 1.82) is 0 Å². The molecule has 1 atom stereocenters. The lowest BCUT2D eigenvalue weighted by atomic mass is 9.80. The summed E-state index contributed by atoms with van der Waals surface area (Å²) >= 11 is 1.61. The number of rotatable bonds is 4. The van der Waals surface area contributed by atoms with E-state index in [9.17, 15) is 14.4 Å². The van der Waals surface area contributed by atoms with Gasteiger partial charge in [0.2, 0.25) is 5.91 Å². The van der Waals surface area contributed by atoms with Crippen LogP contribution in [0.4, 0.5) is 10.5 Å². The lowest BCUT2D eigenvalue weighted by Crippen LogP contribution is -2.46. The molecule has 1 aromatic heterocycles. The normalized spacial score (nSPS) is 20.9. The summed E-state index contributed by atoms with van der Waals surface area (Å²) in [6.45, 7) is 5.77. The van der Waals surface area contributed by atoms with Crippen LogP contribution in [0.2, 0.25) is 0 Å². The first-order valence-electron chi connectivity index (χ1n) is 9.94. The van der Waals surface area contributed by atoms with E-state index >= 15 is 0 Å². The Morgan fingerprint density at radius 1 is 1.31 bits per heavy atom. The van der Waals surface area contributed by atoms with Crippen molar-refractivity contribution in [1.82, 2.24) is 10.2 Å². The molecule has 2 heterocycles. The summed E-state index contributed by atoms with van der Waals surface area (Å²) in [4.78, 5) is 40.8. The number of carbonyl (C=O) groups excluding carboxylic acids is 3. The van der Waals surface area contributed by atoms with Gasteiger partial charge in [0.25, 0.3) is 5.91 Å². The minimum Gasteiger partial charge on any atom is -0.324 e. The van der Waals surface area contributed by atoms with E-state index in [0.29, 0.717) is 6.42 Å². The zero-order valence-corrected chi connectivity index (χ0v) is 17.7. The minimum atomic E-state index is -1.02. The highest BCUT2D eigenvalue weighted by Crippen LogP contribution is 2.42. The highest BCUT2D eigenvalue weighted by Gasteiger charge is 2.54. The van der Waals surface area contributed by atoms with Crippen LogP contribution >= 0.6 is 11.3 Å². The Bertz CT molecular complexity index is 997. The number of amides is 4. The molecule has 2 aliphatic rings. The smallest absolute Gasteiger partial charge is 0.324 e. The van der Waals surface area contributed by atoms with E-state index in [1.165, 1.54) is 0 Å². The first-order chi connectivity index (χ1) is 13.8. The Morgan fingerprint density at radius 3 is 2.86 bits per heavy atom. The number of benzene rings is 1. The van der Waals surface area contributed by atoms with Gasteiger partial charge in [0.1, 0.15) is 12.1 Å². The number of carbonyl (C=O) groups is 3. The van der Waals surface area contributed by atoms with Gasteiger partial charge in [-0.15, -0.1) is 11.3 Å². The molecule has 1 aromatic carbocycles. The van der Waals surface area contributed by atoms with E-state index < -0.39 is 11.6 Å². The quantitative estimate of drug-likeness (QED) is 0.749. The van der Waals surface area contributed by atoms with Gasteiger partial charge in [0, 0.05) is 16.1 Å². The largest absolute Gasteiger partial charge is 0.325 e. The van der Waals surface area contributed by atoms with Crippen molar-refractivity contribution in [3.8, 4) is 0 Å². The van der Waals surface area contributed by atoms with Crippen molar-refractivity contribution < 1.29 is 14.4 Å². The first-order valence-corrected chi connectivity index (χ1v) is 10.8. The standard InChI is InChI=1S/C22H25N3O3S/c1-13(2)15-7-4-6-14(3)19(15)23-18(26)12-25-20(27)22(24-21(25)28)10-5-8-17-16(22)9-11-29-17/h4,6-7,9,11,13H,5,8,10,12H2,1-3H3,(H,23,26)(H,24,28). The SMILES string of the molecule is Cc1cccc(C(C)C)c1NC(=O)CN1C(=O)NC2(CCCc3sccc32)C1=O. The topological polar surface area (TPSA) is 78.5 Å². The predicted molar refractivity (Wildman–Crippen MR) is 113 cm³/mol. The zero-order valence-electron chi connectivity index (χ0n) is 16.9. The summed E-state index contributed by atoms with van der Waals surface area (Å²) in [5, 5.41) is 7.77. The number of para-hydroxylation sites is 1. The molecule has 1 fully saturated rings. The molecule has 2 N–H and O–H groups in total. The zero-order chi connectivity index (χ0) is 20.8. The molecule has 4 rings (SSSR count). The van der Waals surface area contributed by atoms with Crippen LogP contribution in [0, 0.1) is 6.92 Å². The van der Waals surface area contributed by atoms with Crippen LogP contribution in [0.3, 0.4) is 0 Å². The lowest BCUT2D eigenvalue weighted by Gasteiger charge is -2.31. The number of fused-ring (bicyclic) bond motifs is 2. The summed E-state index contributed by atoms with van der Waals surface area (Å²) in [5.41, 5.74) is 2.61. The molecule has 2 aromatic rings. The Balaban J connectivity index is 1.55. The van der Waals surface area contributed by atoms with Crippen LogP contribution in [0.1, 0.15) is 54.2 Å². The molecule has 1 spiro atoms. The molecule has 0 saturated carbocycles. The number of hydrogen-bond acceptors (Lipinski definition) is 4. The lowest BCUT2D eigenvalue weighted by molar-refractivity contribution is -0.134. The van der Waals surface area contributed by atoms with Gasteiger partial charge in [-0.1, -0.05) is 32.0 Å². The molecule has 152 valence electrons. The van der Waals surface area contributed by atoms with E-state index in [2.05, 4.69) is 24.5 Å². The number of nitrogens with zero attached hydrogens (tertiary/aromatic N) is 1.